The molecular weight excluding hydrogens is 244 g/mol. The van der Waals surface area contributed by atoms with Crippen molar-refractivity contribution in [3.63, 3.8) is 0 Å². The van der Waals surface area contributed by atoms with E-state index in [1.165, 1.54) is 11.2 Å². The number of aromatic nitrogens is 3. The third kappa shape index (κ3) is 1.42. The first-order valence-electron chi connectivity index (χ1n) is 6.63. The fourth-order valence-corrected chi connectivity index (χ4v) is 3.75. The molecule has 0 aromatic carbocycles. The zero-order valence-corrected chi connectivity index (χ0v) is 10.3. The number of rotatable bonds is 3. The molecule has 98 valence electrons. The minimum atomic E-state index is -0.0998. The number of amides is 2. The van der Waals surface area contributed by atoms with Crippen molar-refractivity contribution >= 4 is 11.8 Å². The van der Waals surface area contributed by atoms with Gasteiger partial charge in [-0.3, -0.25) is 19.6 Å². The van der Waals surface area contributed by atoms with E-state index in [4.69, 9.17) is 0 Å². The highest BCUT2D eigenvalue weighted by atomic mass is 16.2. The van der Waals surface area contributed by atoms with Gasteiger partial charge in [0.1, 0.15) is 12.2 Å². The van der Waals surface area contributed by atoms with Gasteiger partial charge in [-0.2, -0.15) is 5.10 Å². The molecular formula is C13H14N4O2. The molecule has 1 aromatic heterocycles. The number of hydrogen-bond donors (Lipinski definition) is 1. The second kappa shape index (κ2) is 3.76. The second-order valence-electron chi connectivity index (χ2n) is 5.51. The number of aromatic amines is 1. The molecule has 2 fully saturated rings. The summed E-state index contributed by atoms with van der Waals surface area (Å²) in [6.45, 7) is 0.402. The van der Waals surface area contributed by atoms with Crippen molar-refractivity contribution in [3.8, 4) is 0 Å². The van der Waals surface area contributed by atoms with E-state index in [2.05, 4.69) is 27.3 Å². The van der Waals surface area contributed by atoms with Crippen LogP contribution in [0.1, 0.15) is 12.2 Å². The summed E-state index contributed by atoms with van der Waals surface area (Å²) in [4.78, 5) is 30.2. The van der Waals surface area contributed by atoms with Crippen molar-refractivity contribution in [3.05, 3.63) is 24.3 Å². The van der Waals surface area contributed by atoms with Gasteiger partial charge in [-0.1, -0.05) is 12.2 Å². The van der Waals surface area contributed by atoms with E-state index < -0.39 is 0 Å². The summed E-state index contributed by atoms with van der Waals surface area (Å²) < 4.78 is 0. The summed E-state index contributed by atoms with van der Waals surface area (Å²) in [5.74, 6) is 1.08. The first kappa shape index (κ1) is 10.9. The van der Waals surface area contributed by atoms with Crippen LogP contribution in [-0.4, -0.2) is 38.4 Å². The number of nitrogens with zero attached hydrogens (tertiary/aromatic N) is 3. The number of fused-ring (bicyclic) bond motifs is 5. The van der Waals surface area contributed by atoms with Crippen LogP contribution < -0.4 is 0 Å². The van der Waals surface area contributed by atoms with Gasteiger partial charge in [-0.25, -0.2) is 4.98 Å². The van der Waals surface area contributed by atoms with Gasteiger partial charge in [-0.15, -0.1) is 0 Å². The summed E-state index contributed by atoms with van der Waals surface area (Å²) in [6.07, 6.45) is 7.16. The van der Waals surface area contributed by atoms with E-state index in [1.54, 1.807) is 0 Å². The molecule has 0 radical (unpaired) electrons. The third-order valence-electron chi connectivity index (χ3n) is 4.60. The van der Waals surface area contributed by atoms with Crippen LogP contribution in [0.25, 0.3) is 0 Å². The largest absolute Gasteiger partial charge is 0.282 e. The molecule has 2 aliphatic carbocycles. The topological polar surface area (TPSA) is 79.0 Å². The highest BCUT2D eigenvalue weighted by Gasteiger charge is 2.58. The van der Waals surface area contributed by atoms with Gasteiger partial charge in [0.15, 0.2) is 0 Å². The van der Waals surface area contributed by atoms with Crippen LogP contribution >= 0.6 is 0 Å². The molecule has 4 unspecified atom stereocenters. The zero-order chi connectivity index (χ0) is 13.0. The predicted molar refractivity (Wildman–Crippen MR) is 64.5 cm³/mol. The monoisotopic (exact) mass is 258 g/mol. The van der Waals surface area contributed by atoms with E-state index in [0.29, 0.717) is 18.8 Å². The molecule has 0 spiro atoms. The van der Waals surface area contributed by atoms with Gasteiger partial charge in [0.25, 0.3) is 0 Å². The van der Waals surface area contributed by atoms with Crippen LogP contribution in [0, 0.1) is 23.7 Å². The predicted octanol–water partition coefficient (Wildman–Crippen LogP) is 0.154. The molecule has 6 nitrogen and oxygen atoms in total. The van der Waals surface area contributed by atoms with Crippen LogP contribution in [0.5, 0.6) is 0 Å². The van der Waals surface area contributed by atoms with Crippen molar-refractivity contribution in [2.75, 3.05) is 6.54 Å². The van der Waals surface area contributed by atoms with Crippen molar-refractivity contribution in [1.82, 2.24) is 20.1 Å². The lowest BCUT2D eigenvalue weighted by Gasteiger charge is -2.16. The van der Waals surface area contributed by atoms with E-state index in [1.807, 2.05) is 0 Å². The van der Waals surface area contributed by atoms with E-state index >= 15 is 0 Å². The fraction of sp³-hybridized carbons (Fsp3) is 0.538. The maximum absolute atomic E-state index is 12.4. The lowest BCUT2D eigenvalue weighted by atomic mass is 9.85. The molecule has 3 aliphatic rings. The first-order valence-corrected chi connectivity index (χ1v) is 6.63. The zero-order valence-electron chi connectivity index (χ0n) is 10.3. The molecule has 19 heavy (non-hydrogen) atoms. The number of imide groups is 1. The lowest BCUT2D eigenvalue weighted by molar-refractivity contribution is -0.140. The number of H-pyrrole nitrogens is 1. The summed E-state index contributed by atoms with van der Waals surface area (Å²) >= 11 is 0. The summed E-state index contributed by atoms with van der Waals surface area (Å²) in [5, 5.41) is 6.51. The average molecular weight is 258 g/mol. The number of nitrogens with one attached hydrogen (secondary N) is 1. The minimum absolute atomic E-state index is 0.00589. The van der Waals surface area contributed by atoms with Gasteiger partial charge in [0, 0.05) is 13.0 Å². The highest BCUT2D eigenvalue weighted by molar-refractivity contribution is 6.06. The quantitative estimate of drug-likeness (QED) is 0.618. The molecule has 2 amide bonds. The fourth-order valence-electron chi connectivity index (χ4n) is 3.75. The molecule has 1 N–H and O–H groups in total. The van der Waals surface area contributed by atoms with Gasteiger partial charge in [-0.05, 0) is 18.3 Å². The first-order chi connectivity index (χ1) is 9.25. The Morgan fingerprint density at radius 3 is 2.47 bits per heavy atom. The van der Waals surface area contributed by atoms with E-state index in [9.17, 15) is 9.59 Å². The number of allylic oxidation sites excluding steroid dienone is 2. The Kier molecular flexibility index (Phi) is 2.15. The Balaban J connectivity index is 1.52. The Hall–Kier alpha value is -1.98. The minimum Gasteiger partial charge on any atom is -0.282 e. The summed E-state index contributed by atoms with van der Waals surface area (Å²) in [5.41, 5.74) is 0. The molecule has 1 aromatic rings. The number of carbonyl (C=O) groups excluding carboxylic acids is 2. The maximum Gasteiger partial charge on any atom is 0.233 e. The lowest BCUT2D eigenvalue weighted by Crippen LogP contribution is -2.34. The molecule has 6 heteroatoms. The number of likely N-dealkylation sites (tertiary alicyclic amines) is 1. The highest BCUT2D eigenvalue weighted by Crippen LogP contribution is 2.52. The van der Waals surface area contributed by atoms with Crippen molar-refractivity contribution in [2.45, 2.75) is 12.8 Å². The van der Waals surface area contributed by atoms with Crippen molar-refractivity contribution < 1.29 is 9.59 Å². The van der Waals surface area contributed by atoms with Gasteiger partial charge in [0.2, 0.25) is 11.8 Å². The third-order valence-corrected chi connectivity index (χ3v) is 4.60. The van der Waals surface area contributed by atoms with Crippen LogP contribution in [0.2, 0.25) is 0 Å². The van der Waals surface area contributed by atoms with Gasteiger partial charge in [0.05, 0.1) is 11.8 Å². The standard InChI is InChI=1S/C13H14N4O2/c18-12-10-7-1-2-8(5-7)11(10)13(19)17(12)4-3-9-14-6-15-16-9/h1-2,6-8,10-11H,3-5H2,(H,14,15,16). The van der Waals surface area contributed by atoms with Crippen LogP contribution in [0.15, 0.2) is 18.5 Å². The Labute approximate surface area is 109 Å². The molecule has 1 aliphatic heterocycles. The second-order valence-corrected chi connectivity index (χ2v) is 5.51. The summed E-state index contributed by atoms with van der Waals surface area (Å²) in [6, 6.07) is 0. The maximum atomic E-state index is 12.4. The Bertz CT molecular complexity index is 535. The number of hydrogen-bond acceptors (Lipinski definition) is 4. The normalized spacial score (nSPS) is 35.5. The SMILES string of the molecule is O=C1C2C3C=CC(C3)C2C(=O)N1CCc1ncn[nH]1. The molecule has 1 saturated carbocycles. The van der Waals surface area contributed by atoms with Crippen LogP contribution in [0.4, 0.5) is 0 Å². The Morgan fingerprint density at radius 1 is 1.21 bits per heavy atom. The molecule has 2 heterocycles. The van der Waals surface area contributed by atoms with Crippen LogP contribution in [0.3, 0.4) is 0 Å². The molecule has 2 bridgehead atoms. The molecule has 4 atom stereocenters. The average Bonchev–Trinajstić information content (AvgIpc) is 3.14. The van der Waals surface area contributed by atoms with E-state index in [-0.39, 0.29) is 35.5 Å². The van der Waals surface area contributed by atoms with Gasteiger partial charge < -0.3 is 0 Å². The molecule has 4 rings (SSSR count). The smallest absolute Gasteiger partial charge is 0.233 e. The number of carbonyl (C=O) groups is 2. The molecule has 1 saturated heterocycles. The Morgan fingerprint density at radius 2 is 1.89 bits per heavy atom. The van der Waals surface area contributed by atoms with E-state index in [0.717, 1.165) is 6.42 Å². The van der Waals surface area contributed by atoms with Crippen molar-refractivity contribution in [2.24, 2.45) is 23.7 Å². The van der Waals surface area contributed by atoms with Crippen molar-refractivity contribution in [1.29, 1.82) is 0 Å². The van der Waals surface area contributed by atoms with Crippen LogP contribution in [-0.2, 0) is 16.0 Å². The summed E-state index contributed by atoms with van der Waals surface area (Å²) in [7, 11) is 0. The van der Waals surface area contributed by atoms with Gasteiger partial charge >= 0.3 is 0 Å².